The second kappa shape index (κ2) is 5.87. The number of imidazole rings is 1. The highest BCUT2D eigenvalue weighted by Crippen LogP contribution is 2.22. The summed E-state index contributed by atoms with van der Waals surface area (Å²) < 4.78 is 7.28. The molecule has 2 heterocycles. The van der Waals surface area contributed by atoms with Gasteiger partial charge in [0.2, 0.25) is 0 Å². The lowest BCUT2D eigenvalue weighted by molar-refractivity contribution is 0.0266. The van der Waals surface area contributed by atoms with Crippen LogP contribution in [0.15, 0.2) is 43.0 Å². The smallest absolute Gasteiger partial charge is 0.124 e. The van der Waals surface area contributed by atoms with Crippen LogP contribution in [0.3, 0.4) is 0 Å². The number of ether oxygens (including phenoxy) is 1. The molecule has 5 nitrogen and oxygen atoms in total. The molecule has 0 spiro atoms. The Morgan fingerprint density at radius 1 is 1.20 bits per heavy atom. The number of hydrogen-bond acceptors (Lipinski definition) is 4. The van der Waals surface area contributed by atoms with Crippen LogP contribution in [0.25, 0.3) is 5.69 Å². The first-order valence-corrected chi connectivity index (χ1v) is 6.68. The molecule has 0 amide bonds. The quantitative estimate of drug-likeness (QED) is 0.851. The molecule has 20 heavy (non-hydrogen) atoms. The minimum Gasteiger partial charge on any atom is -0.379 e. The highest BCUT2D eigenvalue weighted by atomic mass is 16.5. The number of benzene rings is 1. The third-order valence-electron chi connectivity index (χ3n) is 3.54. The van der Waals surface area contributed by atoms with Crippen molar-refractivity contribution in [1.82, 2.24) is 14.5 Å². The summed E-state index contributed by atoms with van der Waals surface area (Å²) in [6, 6.07) is 10.3. The molecular formula is C15H16N4O. The van der Waals surface area contributed by atoms with E-state index in [-0.39, 0.29) is 6.04 Å². The van der Waals surface area contributed by atoms with Gasteiger partial charge in [-0.15, -0.1) is 0 Å². The summed E-state index contributed by atoms with van der Waals surface area (Å²) in [4.78, 5) is 6.20. The highest BCUT2D eigenvalue weighted by Gasteiger charge is 2.22. The summed E-state index contributed by atoms with van der Waals surface area (Å²) in [5.74, 6) is 0. The highest BCUT2D eigenvalue weighted by molar-refractivity contribution is 5.37. The lowest BCUT2D eigenvalue weighted by atomic mass is 10.1. The molecule has 5 heteroatoms. The van der Waals surface area contributed by atoms with Gasteiger partial charge in [0.05, 0.1) is 25.6 Å². The van der Waals surface area contributed by atoms with Crippen molar-refractivity contribution < 1.29 is 4.74 Å². The number of aromatic nitrogens is 2. The lowest BCUT2D eigenvalue weighted by Crippen LogP contribution is -2.38. The maximum absolute atomic E-state index is 9.44. The van der Waals surface area contributed by atoms with Crippen molar-refractivity contribution in [2.45, 2.75) is 6.04 Å². The number of nitrogens with zero attached hydrogens (tertiary/aromatic N) is 4. The third-order valence-corrected chi connectivity index (χ3v) is 3.54. The van der Waals surface area contributed by atoms with E-state index in [0.717, 1.165) is 24.3 Å². The SMILES string of the molecule is N#C[C@@H](c1ccc(-n2ccnc2)cc1)N1CCOCC1. The first-order chi connectivity index (χ1) is 9.88. The topological polar surface area (TPSA) is 54.1 Å². The van der Waals surface area contributed by atoms with Gasteiger partial charge in [-0.1, -0.05) is 12.1 Å². The van der Waals surface area contributed by atoms with Gasteiger partial charge in [-0.25, -0.2) is 4.98 Å². The molecule has 0 unspecified atom stereocenters. The van der Waals surface area contributed by atoms with Gasteiger partial charge in [0.15, 0.2) is 0 Å². The maximum Gasteiger partial charge on any atom is 0.124 e. The Kier molecular flexibility index (Phi) is 3.77. The van der Waals surface area contributed by atoms with Crippen LogP contribution in [0, 0.1) is 11.3 Å². The summed E-state index contributed by atoms with van der Waals surface area (Å²) in [7, 11) is 0. The number of rotatable bonds is 3. The van der Waals surface area contributed by atoms with E-state index in [1.807, 2.05) is 35.0 Å². The normalized spacial score (nSPS) is 17.6. The zero-order valence-corrected chi connectivity index (χ0v) is 11.1. The summed E-state index contributed by atoms with van der Waals surface area (Å²) >= 11 is 0. The predicted octanol–water partition coefficient (Wildman–Crippen LogP) is 1.77. The van der Waals surface area contributed by atoms with Crippen LogP contribution in [-0.2, 0) is 4.74 Å². The summed E-state index contributed by atoms with van der Waals surface area (Å²) in [5.41, 5.74) is 2.07. The Morgan fingerprint density at radius 2 is 1.95 bits per heavy atom. The molecule has 1 aromatic carbocycles. The molecule has 1 aromatic heterocycles. The molecule has 0 bridgehead atoms. The molecule has 1 saturated heterocycles. The maximum atomic E-state index is 9.44. The van der Waals surface area contributed by atoms with Gasteiger partial charge < -0.3 is 9.30 Å². The fourth-order valence-electron chi connectivity index (χ4n) is 2.44. The average Bonchev–Trinajstić information content (AvgIpc) is 3.04. The van der Waals surface area contributed by atoms with Crippen LogP contribution < -0.4 is 0 Å². The molecule has 2 aromatic rings. The second-order valence-corrected chi connectivity index (χ2v) is 4.74. The molecule has 3 rings (SSSR count). The third kappa shape index (κ3) is 2.57. The first-order valence-electron chi connectivity index (χ1n) is 6.68. The van der Waals surface area contributed by atoms with Crippen LogP contribution in [0.4, 0.5) is 0 Å². The monoisotopic (exact) mass is 268 g/mol. The number of morpholine rings is 1. The van der Waals surface area contributed by atoms with Crippen LogP contribution in [0.5, 0.6) is 0 Å². The summed E-state index contributed by atoms with van der Waals surface area (Å²) in [6.07, 6.45) is 5.41. The zero-order valence-electron chi connectivity index (χ0n) is 11.1. The standard InChI is InChI=1S/C15H16N4O/c16-11-15(18-7-9-20-10-8-18)13-1-3-14(4-2-13)19-6-5-17-12-19/h1-6,12,15H,7-10H2/t15-/m0/s1. The minimum absolute atomic E-state index is 0.198. The van der Waals surface area contributed by atoms with E-state index in [1.54, 1.807) is 12.5 Å². The van der Waals surface area contributed by atoms with E-state index in [1.165, 1.54) is 0 Å². The first kappa shape index (κ1) is 12.9. The van der Waals surface area contributed by atoms with Gasteiger partial charge in [0.25, 0.3) is 0 Å². The Labute approximate surface area is 118 Å². The van der Waals surface area contributed by atoms with Gasteiger partial charge in [0.1, 0.15) is 6.04 Å². The molecule has 0 aliphatic carbocycles. The van der Waals surface area contributed by atoms with Crippen molar-refractivity contribution in [3.8, 4) is 11.8 Å². The predicted molar refractivity (Wildman–Crippen MR) is 74.3 cm³/mol. The number of hydrogen-bond donors (Lipinski definition) is 0. The van der Waals surface area contributed by atoms with Crippen molar-refractivity contribution in [3.63, 3.8) is 0 Å². The molecule has 1 aliphatic heterocycles. The lowest BCUT2D eigenvalue weighted by Gasteiger charge is -2.30. The molecule has 0 radical (unpaired) electrons. The molecule has 102 valence electrons. The molecular weight excluding hydrogens is 252 g/mol. The van der Waals surface area contributed by atoms with Crippen LogP contribution in [0.1, 0.15) is 11.6 Å². The van der Waals surface area contributed by atoms with Gasteiger partial charge in [-0.2, -0.15) is 5.26 Å². The van der Waals surface area contributed by atoms with Crippen molar-refractivity contribution in [3.05, 3.63) is 48.5 Å². The fraction of sp³-hybridized carbons (Fsp3) is 0.333. The van der Waals surface area contributed by atoms with E-state index < -0.39 is 0 Å². The molecule has 0 N–H and O–H groups in total. The number of nitriles is 1. The van der Waals surface area contributed by atoms with E-state index in [4.69, 9.17) is 4.74 Å². The average molecular weight is 268 g/mol. The van der Waals surface area contributed by atoms with E-state index in [0.29, 0.717) is 13.2 Å². The van der Waals surface area contributed by atoms with E-state index in [2.05, 4.69) is 16.0 Å². The Morgan fingerprint density at radius 3 is 2.55 bits per heavy atom. The van der Waals surface area contributed by atoms with Crippen molar-refractivity contribution in [2.75, 3.05) is 26.3 Å². The van der Waals surface area contributed by atoms with Crippen LogP contribution in [0.2, 0.25) is 0 Å². The van der Waals surface area contributed by atoms with Crippen LogP contribution in [-0.4, -0.2) is 40.8 Å². The van der Waals surface area contributed by atoms with Crippen molar-refractivity contribution in [2.24, 2.45) is 0 Å². The summed E-state index contributed by atoms with van der Waals surface area (Å²) in [5, 5.41) is 9.44. The summed E-state index contributed by atoms with van der Waals surface area (Å²) in [6.45, 7) is 3.01. The minimum atomic E-state index is -0.198. The van der Waals surface area contributed by atoms with Crippen molar-refractivity contribution >= 4 is 0 Å². The Hall–Kier alpha value is -2.16. The largest absolute Gasteiger partial charge is 0.379 e. The Balaban J connectivity index is 1.80. The molecule has 1 aliphatic rings. The zero-order chi connectivity index (χ0) is 13.8. The van der Waals surface area contributed by atoms with Gasteiger partial charge >= 0.3 is 0 Å². The molecule has 0 saturated carbocycles. The van der Waals surface area contributed by atoms with Crippen molar-refractivity contribution in [1.29, 1.82) is 5.26 Å². The van der Waals surface area contributed by atoms with E-state index in [9.17, 15) is 5.26 Å². The molecule has 1 atom stereocenters. The van der Waals surface area contributed by atoms with Crippen LogP contribution >= 0.6 is 0 Å². The van der Waals surface area contributed by atoms with E-state index >= 15 is 0 Å². The van der Waals surface area contributed by atoms with Gasteiger partial charge in [0, 0.05) is 31.2 Å². The van der Waals surface area contributed by atoms with Gasteiger partial charge in [-0.3, -0.25) is 4.90 Å². The Bertz CT molecular complexity index is 579. The second-order valence-electron chi connectivity index (χ2n) is 4.74. The molecule has 1 fully saturated rings. The van der Waals surface area contributed by atoms with Gasteiger partial charge in [-0.05, 0) is 17.7 Å². The fourth-order valence-corrected chi connectivity index (χ4v) is 2.44.